The third-order valence-electron chi connectivity index (χ3n) is 8.04. The van der Waals surface area contributed by atoms with Gasteiger partial charge in [-0.2, -0.15) is 0 Å². The predicted octanol–water partition coefficient (Wildman–Crippen LogP) is 6.73. The van der Waals surface area contributed by atoms with Crippen LogP contribution in [0, 0.1) is 20.2 Å². The number of hydrogen-bond donors (Lipinski definition) is 2. The summed E-state index contributed by atoms with van der Waals surface area (Å²) in [4.78, 5) is 45.5. The van der Waals surface area contributed by atoms with Crippen LogP contribution in [-0.2, 0) is 23.8 Å². The standard InChI is InChI=1S/C39H52N4O13/c1-9-38(44)55-28(5)30-22-34(50-7)36(24-32(30)42(46)47)53-19-11-14-26(3)40-16-13-18-52-21-17-41-27(4)15-12-20-54-37-25-33(43(48)49)31(23-35(37)51-8)29(6)56-39(45)10-2/h9-10,22-25,28-29,40-41H,1-4,11-21H2,5-8H3. The summed E-state index contributed by atoms with van der Waals surface area (Å²) in [7, 11) is 2.83. The molecule has 0 aliphatic heterocycles. The first kappa shape index (κ1) is 46.1. The van der Waals surface area contributed by atoms with Crippen LogP contribution < -0.4 is 29.6 Å². The third-order valence-corrected chi connectivity index (χ3v) is 8.04. The Kier molecular flexibility index (Phi) is 20.0. The zero-order valence-electron chi connectivity index (χ0n) is 32.4. The Labute approximate surface area is 326 Å². The lowest BCUT2D eigenvalue weighted by Crippen LogP contribution is -2.20. The summed E-state index contributed by atoms with van der Waals surface area (Å²) in [5, 5.41) is 29.9. The number of nitrogens with one attached hydrogen (secondary N) is 2. The number of carbonyl (C=O) groups is 2. The lowest BCUT2D eigenvalue weighted by molar-refractivity contribution is -0.386. The molecule has 17 heteroatoms. The van der Waals surface area contributed by atoms with Crippen molar-refractivity contribution < 1.29 is 52.6 Å². The van der Waals surface area contributed by atoms with E-state index in [1.165, 1.54) is 52.3 Å². The molecule has 0 aromatic heterocycles. The van der Waals surface area contributed by atoms with E-state index in [0.29, 0.717) is 52.0 Å². The van der Waals surface area contributed by atoms with Gasteiger partial charge in [0.15, 0.2) is 23.0 Å². The number of benzene rings is 2. The third kappa shape index (κ3) is 15.3. The molecule has 0 saturated heterocycles. The summed E-state index contributed by atoms with van der Waals surface area (Å²) in [5.74, 6) is -0.473. The molecule has 0 heterocycles. The molecule has 0 spiro atoms. The van der Waals surface area contributed by atoms with Crippen molar-refractivity contribution in [1.82, 2.24) is 10.6 Å². The van der Waals surface area contributed by atoms with Gasteiger partial charge in [-0.15, -0.1) is 0 Å². The molecule has 2 N–H and O–H groups in total. The van der Waals surface area contributed by atoms with Crippen molar-refractivity contribution in [2.24, 2.45) is 0 Å². The highest BCUT2D eigenvalue weighted by atomic mass is 16.6. The van der Waals surface area contributed by atoms with E-state index >= 15 is 0 Å². The predicted molar refractivity (Wildman–Crippen MR) is 208 cm³/mol. The molecule has 2 rings (SSSR count). The van der Waals surface area contributed by atoms with E-state index in [-0.39, 0.29) is 58.7 Å². The van der Waals surface area contributed by atoms with Crippen LogP contribution in [0.15, 0.2) is 74.1 Å². The van der Waals surface area contributed by atoms with Crippen molar-refractivity contribution in [3.8, 4) is 23.0 Å². The number of nitrogens with zero attached hydrogens (tertiary/aromatic N) is 2. The number of ether oxygens (including phenoxy) is 7. The van der Waals surface area contributed by atoms with Gasteiger partial charge in [0, 0.05) is 43.2 Å². The van der Waals surface area contributed by atoms with Crippen LogP contribution in [0.2, 0.25) is 0 Å². The first-order valence-corrected chi connectivity index (χ1v) is 17.8. The maximum Gasteiger partial charge on any atom is 0.330 e. The monoisotopic (exact) mass is 784 g/mol. The molecular weight excluding hydrogens is 732 g/mol. The number of rotatable bonds is 29. The van der Waals surface area contributed by atoms with Crippen molar-refractivity contribution in [3.63, 3.8) is 0 Å². The molecule has 0 saturated carbocycles. The van der Waals surface area contributed by atoms with E-state index < -0.39 is 34.0 Å². The topological polar surface area (TPSA) is 209 Å². The molecule has 0 aliphatic rings. The van der Waals surface area contributed by atoms with Crippen LogP contribution in [0.1, 0.15) is 69.3 Å². The van der Waals surface area contributed by atoms with Gasteiger partial charge < -0.3 is 43.8 Å². The minimum atomic E-state index is -0.905. The summed E-state index contributed by atoms with van der Waals surface area (Å²) >= 11 is 0. The van der Waals surface area contributed by atoms with Crippen molar-refractivity contribution in [2.45, 2.75) is 58.2 Å². The summed E-state index contributed by atoms with van der Waals surface area (Å²) in [5.41, 5.74) is 1.41. The summed E-state index contributed by atoms with van der Waals surface area (Å²) in [6.45, 7) is 20.5. The second-order valence-electron chi connectivity index (χ2n) is 12.1. The minimum Gasteiger partial charge on any atom is -0.493 e. The first-order chi connectivity index (χ1) is 26.8. The molecule has 0 bridgehead atoms. The molecule has 2 aromatic rings. The second-order valence-corrected chi connectivity index (χ2v) is 12.1. The van der Waals surface area contributed by atoms with E-state index in [2.05, 4.69) is 36.9 Å². The molecule has 2 unspecified atom stereocenters. The highest BCUT2D eigenvalue weighted by molar-refractivity contribution is 5.82. The molecule has 0 fully saturated rings. The Morgan fingerprint density at radius 3 is 1.50 bits per heavy atom. The summed E-state index contributed by atoms with van der Waals surface area (Å²) in [6, 6.07) is 5.37. The Morgan fingerprint density at radius 2 is 1.11 bits per heavy atom. The van der Waals surface area contributed by atoms with Gasteiger partial charge in [-0.05, 0) is 58.1 Å². The Balaban J connectivity index is 1.63. The quantitative estimate of drug-likeness (QED) is 0.0288. The van der Waals surface area contributed by atoms with Gasteiger partial charge in [0.25, 0.3) is 11.4 Å². The SMILES string of the molecule is C=CC(=O)OC(C)c1cc(OC)c(OCCCC(=C)NCCCOCCNC(=C)CCCOc2cc([N+](=O)[O-])c(C(C)OC(=O)C=C)cc2OC)cc1[N+](=O)[O-]. The van der Waals surface area contributed by atoms with Gasteiger partial charge in [0.1, 0.15) is 12.2 Å². The van der Waals surface area contributed by atoms with E-state index in [0.717, 1.165) is 30.0 Å². The average molecular weight is 785 g/mol. The van der Waals surface area contributed by atoms with E-state index in [4.69, 9.17) is 33.2 Å². The van der Waals surface area contributed by atoms with Crippen LogP contribution in [0.5, 0.6) is 23.0 Å². The number of carbonyl (C=O) groups excluding carboxylic acids is 2. The maximum atomic E-state index is 11.7. The maximum absolute atomic E-state index is 11.7. The lowest BCUT2D eigenvalue weighted by Gasteiger charge is -2.17. The average Bonchev–Trinajstić information content (AvgIpc) is 3.18. The number of nitro benzene ring substituents is 2. The first-order valence-electron chi connectivity index (χ1n) is 17.8. The summed E-state index contributed by atoms with van der Waals surface area (Å²) in [6.07, 6.45) is 3.30. The molecule has 0 amide bonds. The van der Waals surface area contributed by atoms with Crippen molar-refractivity contribution >= 4 is 23.3 Å². The zero-order valence-corrected chi connectivity index (χ0v) is 32.4. The Hall–Kier alpha value is -6.10. The number of hydrogen-bond acceptors (Lipinski definition) is 15. The fraction of sp³-hybridized carbons (Fsp3) is 0.436. The van der Waals surface area contributed by atoms with Gasteiger partial charge in [-0.3, -0.25) is 20.2 Å². The molecule has 2 aromatic carbocycles. The summed E-state index contributed by atoms with van der Waals surface area (Å²) < 4.78 is 38.3. The largest absolute Gasteiger partial charge is 0.493 e. The lowest BCUT2D eigenvalue weighted by atomic mass is 10.1. The Bertz CT molecular complexity index is 1590. The molecular formula is C39H52N4O13. The number of allylic oxidation sites excluding steroid dienone is 2. The van der Waals surface area contributed by atoms with Gasteiger partial charge in [-0.25, -0.2) is 9.59 Å². The zero-order chi connectivity index (χ0) is 41.6. The molecule has 0 aliphatic carbocycles. The number of methoxy groups -OCH3 is 2. The van der Waals surface area contributed by atoms with Gasteiger partial charge in [0.05, 0.1) is 67.1 Å². The van der Waals surface area contributed by atoms with Crippen molar-refractivity contribution in [2.75, 3.05) is 53.7 Å². The van der Waals surface area contributed by atoms with Crippen LogP contribution >= 0.6 is 0 Å². The van der Waals surface area contributed by atoms with Gasteiger partial charge in [-0.1, -0.05) is 26.3 Å². The van der Waals surface area contributed by atoms with Gasteiger partial charge in [0.2, 0.25) is 0 Å². The minimum absolute atomic E-state index is 0.164. The van der Waals surface area contributed by atoms with Crippen LogP contribution in [-0.4, -0.2) is 75.5 Å². The molecule has 17 nitrogen and oxygen atoms in total. The Morgan fingerprint density at radius 1 is 0.679 bits per heavy atom. The molecule has 306 valence electrons. The second kappa shape index (κ2) is 24.3. The normalized spacial score (nSPS) is 11.6. The van der Waals surface area contributed by atoms with E-state index in [1.807, 2.05) is 0 Å². The van der Waals surface area contributed by atoms with Crippen molar-refractivity contribution in [1.29, 1.82) is 0 Å². The van der Waals surface area contributed by atoms with Crippen molar-refractivity contribution in [3.05, 3.63) is 105 Å². The van der Waals surface area contributed by atoms with Gasteiger partial charge >= 0.3 is 11.9 Å². The highest BCUT2D eigenvalue weighted by Gasteiger charge is 2.27. The number of nitro groups is 2. The number of esters is 2. The fourth-order valence-corrected chi connectivity index (χ4v) is 5.17. The molecule has 2 atom stereocenters. The fourth-order valence-electron chi connectivity index (χ4n) is 5.17. The van der Waals surface area contributed by atoms with E-state index in [1.54, 1.807) is 0 Å². The highest BCUT2D eigenvalue weighted by Crippen LogP contribution is 2.40. The van der Waals surface area contributed by atoms with Crippen LogP contribution in [0.3, 0.4) is 0 Å². The van der Waals surface area contributed by atoms with Crippen LogP contribution in [0.25, 0.3) is 0 Å². The molecule has 0 radical (unpaired) electrons. The smallest absolute Gasteiger partial charge is 0.330 e. The van der Waals surface area contributed by atoms with Crippen LogP contribution in [0.4, 0.5) is 11.4 Å². The van der Waals surface area contributed by atoms with E-state index in [9.17, 15) is 29.8 Å². The molecule has 56 heavy (non-hydrogen) atoms.